The molecule has 15 heavy (non-hydrogen) atoms. The minimum Gasteiger partial charge on any atom is -0.147 e. The molecule has 0 nitrogen and oxygen atoms in total. The lowest BCUT2D eigenvalue weighted by Crippen LogP contribution is -1.93. The van der Waals surface area contributed by atoms with E-state index in [0.29, 0.717) is 0 Å². The number of hydrogen-bond acceptors (Lipinski definition) is 1. The van der Waals surface area contributed by atoms with E-state index in [0.717, 1.165) is 17.9 Å². The summed E-state index contributed by atoms with van der Waals surface area (Å²) in [4.78, 5) is 1.27. The van der Waals surface area contributed by atoms with Gasteiger partial charge in [-0.25, -0.2) is 0 Å². The first-order valence-corrected chi connectivity index (χ1v) is 7.00. The van der Waals surface area contributed by atoms with Gasteiger partial charge in [-0.05, 0) is 30.7 Å². The molecule has 1 heterocycles. The highest BCUT2D eigenvalue weighted by Crippen LogP contribution is 2.29. The zero-order valence-electron chi connectivity index (χ0n) is 8.51. The highest BCUT2D eigenvalue weighted by atomic mass is 35.5. The second-order valence-electron chi connectivity index (χ2n) is 3.96. The molecule has 2 rings (SSSR count). The molecule has 1 atom stereocenters. The molecule has 0 amide bonds. The summed E-state index contributed by atoms with van der Waals surface area (Å²) in [6.07, 6.45) is 8.01. The maximum atomic E-state index is 6.19. The fourth-order valence-electron chi connectivity index (χ4n) is 1.92. The molecule has 0 aromatic carbocycles. The van der Waals surface area contributed by atoms with Crippen LogP contribution in [0.15, 0.2) is 23.1 Å². The molecule has 0 saturated heterocycles. The zero-order chi connectivity index (χ0) is 10.7. The smallest absolute Gasteiger partial charge is 0.0548 e. The first-order valence-electron chi connectivity index (χ1n) is 5.31. The van der Waals surface area contributed by atoms with Gasteiger partial charge >= 0.3 is 0 Å². The monoisotopic (exact) mass is 260 g/mol. The van der Waals surface area contributed by atoms with E-state index in [-0.39, 0.29) is 5.38 Å². The minimum atomic E-state index is 0.223. The predicted octanol–water partition coefficient (Wildman–Crippen LogP) is 5.05. The Kier molecular flexibility index (Phi) is 4.13. The molecule has 1 aromatic rings. The van der Waals surface area contributed by atoms with E-state index in [1.54, 1.807) is 11.3 Å². The van der Waals surface area contributed by atoms with E-state index in [1.165, 1.54) is 29.7 Å². The molecular weight excluding hydrogens is 247 g/mol. The fourth-order valence-corrected chi connectivity index (χ4v) is 3.41. The first kappa shape index (κ1) is 11.5. The van der Waals surface area contributed by atoms with Crippen molar-refractivity contribution in [3.8, 4) is 0 Å². The first-order chi connectivity index (χ1) is 7.25. The van der Waals surface area contributed by atoms with Gasteiger partial charge in [-0.15, -0.1) is 22.9 Å². The molecule has 82 valence electrons. The van der Waals surface area contributed by atoms with Gasteiger partial charge in [0.2, 0.25) is 0 Å². The number of allylic oxidation sites excluding steroid dienone is 2. The molecule has 1 unspecified atom stereocenters. The molecule has 0 saturated carbocycles. The van der Waals surface area contributed by atoms with Crippen LogP contribution in [-0.4, -0.2) is 5.38 Å². The summed E-state index contributed by atoms with van der Waals surface area (Å²) in [6, 6.07) is 1.97. The van der Waals surface area contributed by atoms with Crippen LogP contribution < -0.4 is 0 Å². The Morgan fingerprint density at radius 1 is 1.40 bits per heavy atom. The van der Waals surface area contributed by atoms with E-state index in [1.807, 2.05) is 11.4 Å². The van der Waals surface area contributed by atoms with Crippen LogP contribution in [-0.2, 0) is 6.42 Å². The maximum absolute atomic E-state index is 6.19. The topological polar surface area (TPSA) is 0 Å². The molecule has 3 heteroatoms. The van der Waals surface area contributed by atoms with E-state index in [2.05, 4.69) is 6.08 Å². The fraction of sp³-hybridized carbons (Fsp3) is 0.500. The highest BCUT2D eigenvalue weighted by Gasteiger charge is 2.11. The lowest BCUT2D eigenvalue weighted by atomic mass is 10.1. The van der Waals surface area contributed by atoms with Gasteiger partial charge in [0.1, 0.15) is 0 Å². The SMILES string of the molecule is Clc1ccsc1CC1=CC(Cl)CCCC1. The van der Waals surface area contributed by atoms with Crippen LogP contribution >= 0.6 is 34.5 Å². The van der Waals surface area contributed by atoms with Crippen LogP contribution in [0.2, 0.25) is 5.02 Å². The van der Waals surface area contributed by atoms with Gasteiger partial charge in [0, 0.05) is 11.3 Å². The molecule has 0 bridgehead atoms. The Balaban J connectivity index is 2.07. The van der Waals surface area contributed by atoms with Gasteiger partial charge in [0.25, 0.3) is 0 Å². The van der Waals surface area contributed by atoms with Crippen molar-refractivity contribution in [1.82, 2.24) is 0 Å². The largest absolute Gasteiger partial charge is 0.147 e. The van der Waals surface area contributed by atoms with Crippen LogP contribution in [0.1, 0.15) is 30.6 Å². The highest BCUT2D eigenvalue weighted by molar-refractivity contribution is 7.10. The van der Waals surface area contributed by atoms with E-state index in [4.69, 9.17) is 23.2 Å². The van der Waals surface area contributed by atoms with E-state index in [9.17, 15) is 0 Å². The van der Waals surface area contributed by atoms with Gasteiger partial charge in [-0.3, -0.25) is 0 Å². The number of thiophene rings is 1. The van der Waals surface area contributed by atoms with Crippen LogP contribution in [0.5, 0.6) is 0 Å². The van der Waals surface area contributed by atoms with Crippen molar-refractivity contribution in [2.75, 3.05) is 0 Å². The molecule has 0 radical (unpaired) electrons. The molecule has 1 aromatic heterocycles. The number of alkyl halides is 1. The predicted molar refractivity (Wildman–Crippen MR) is 69.2 cm³/mol. The molecule has 0 fully saturated rings. The zero-order valence-corrected chi connectivity index (χ0v) is 10.8. The van der Waals surface area contributed by atoms with Crippen molar-refractivity contribution in [2.45, 2.75) is 37.5 Å². The van der Waals surface area contributed by atoms with Crippen LogP contribution in [0.4, 0.5) is 0 Å². The van der Waals surface area contributed by atoms with Crippen molar-refractivity contribution < 1.29 is 0 Å². The molecule has 0 spiro atoms. The summed E-state index contributed by atoms with van der Waals surface area (Å²) in [6.45, 7) is 0. The van der Waals surface area contributed by atoms with E-state index >= 15 is 0 Å². The molecule has 1 aliphatic carbocycles. The summed E-state index contributed by atoms with van der Waals surface area (Å²) in [5.74, 6) is 0. The van der Waals surface area contributed by atoms with Crippen LogP contribution in [0, 0.1) is 0 Å². The lowest BCUT2D eigenvalue weighted by Gasteiger charge is -2.04. The normalized spacial score (nSPS) is 22.3. The maximum Gasteiger partial charge on any atom is 0.0548 e. The van der Waals surface area contributed by atoms with Gasteiger partial charge in [-0.1, -0.05) is 29.7 Å². The van der Waals surface area contributed by atoms with E-state index < -0.39 is 0 Å². The van der Waals surface area contributed by atoms with Crippen LogP contribution in [0.3, 0.4) is 0 Å². The minimum absolute atomic E-state index is 0.223. The standard InChI is InChI=1S/C12H14Cl2S/c13-10-4-2-1-3-9(7-10)8-12-11(14)5-6-15-12/h5-7,10H,1-4,8H2. The van der Waals surface area contributed by atoms with Gasteiger partial charge in [0.05, 0.1) is 10.4 Å². The van der Waals surface area contributed by atoms with Crippen LogP contribution in [0.25, 0.3) is 0 Å². The summed E-state index contributed by atoms with van der Waals surface area (Å²) >= 11 is 14.0. The summed E-state index contributed by atoms with van der Waals surface area (Å²) < 4.78 is 0. The van der Waals surface area contributed by atoms with Crippen molar-refractivity contribution >= 4 is 34.5 Å². The quantitative estimate of drug-likeness (QED) is 0.516. The Labute approximate surface area is 105 Å². The van der Waals surface area contributed by atoms with Crippen molar-refractivity contribution in [3.05, 3.63) is 33.0 Å². The lowest BCUT2D eigenvalue weighted by molar-refractivity contribution is 0.710. The molecule has 1 aliphatic rings. The Hall–Kier alpha value is 0.0200. The second-order valence-corrected chi connectivity index (χ2v) is 5.92. The number of hydrogen-bond donors (Lipinski definition) is 0. The van der Waals surface area contributed by atoms with Crippen molar-refractivity contribution in [2.24, 2.45) is 0 Å². The summed E-state index contributed by atoms with van der Waals surface area (Å²) in [7, 11) is 0. The summed E-state index contributed by atoms with van der Waals surface area (Å²) in [5.41, 5.74) is 1.46. The van der Waals surface area contributed by atoms with Gasteiger partial charge in [-0.2, -0.15) is 0 Å². The third-order valence-corrected chi connectivity index (χ3v) is 4.45. The Bertz CT molecular complexity index is 354. The number of halogens is 2. The van der Waals surface area contributed by atoms with Crippen molar-refractivity contribution in [1.29, 1.82) is 0 Å². The average molecular weight is 261 g/mol. The van der Waals surface area contributed by atoms with Crippen molar-refractivity contribution in [3.63, 3.8) is 0 Å². The second kappa shape index (κ2) is 5.38. The number of rotatable bonds is 2. The molecular formula is C12H14Cl2S. The van der Waals surface area contributed by atoms with Gasteiger partial charge in [0.15, 0.2) is 0 Å². The molecule has 0 N–H and O–H groups in total. The Morgan fingerprint density at radius 3 is 3.00 bits per heavy atom. The Morgan fingerprint density at radius 2 is 2.27 bits per heavy atom. The average Bonchev–Trinajstić information content (AvgIpc) is 2.48. The third-order valence-electron chi connectivity index (χ3n) is 2.72. The molecule has 0 aliphatic heterocycles. The summed E-state index contributed by atoms with van der Waals surface area (Å²) in [5, 5.41) is 3.17. The van der Waals surface area contributed by atoms with Gasteiger partial charge < -0.3 is 0 Å². The third kappa shape index (κ3) is 3.24.